The molecule has 0 aromatic carbocycles. The van der Waals surface area contributed by atoms with Crippen molar-refractivity contribution in [3.8, 4) is 0 Å². The predicted molar refractivity (Wildman–Crippen MR) is 34.6 cm³/mol. The highest BCUT2D eigenvalue weighted by atomic mass is 28.1. The van der Waals surface area contributed by atoms with Crippen LogP contribution < -0.4 is 5.32 Å². The molecule has 0 atom stereocenters. The molecule has 0 saturated heterocycles. The molecule has 5 heteroatoms. The first-order valence-electron chi connectivity index (χ1n) is 2.75. The number of hydrogen-bond donors (Lipinski definition) is 0. The minimum atomic E-state index is -4.33. The van der Waals surface area contributed by atoms with E-state index in [0.717, 1.165) is 6.07 Å². The van der Waals surface area contributed by atoms with Crippen molar-refractivity contribution in [3.63, 3.8) is 0 Å². The summed E-state index contributed by atoms with van der Waals surface area (Å²) >= 11 is 0. The number of aromatic nitrogens is 1. The molecule has 0 saturated carbocycles. The Morgan fingerprint density at radius 3 is 2.36 bits per heavy atom. The number of rotatable bonds is 0. The average Bonchev–Trinajstić information content (AvgIpc) is 1.86. The molecule has 0 amide bonds. The molecule has 0 aliphatic carbocycles. The van der Waals surface area contributed by atoms with Crippen molar-refractivity contribution in [2.75, 3.05) is 0 Å². The van der Waals surface area contributed by atoms with Gasteiger partial charge in [-0.15, -0.1) is 0 Å². The Hall–Kier alpha value is -0.843. The van der Waals surface area contributed by atoms with Gasteiger partial charge in [0.1, 0.15) is 10.2 Å². The molecule has 0 unspecified atom stereocenters. The fraction of sp³-hybridized carbons (Fsp3) is 0.167. The summed E-state index contributed by atoms with van der Waals surface area (Å²) in [7, 11) is 2.75. The molecule has 1 rings (SSSR count). The Morgan fingerprint density at radius 1 is 1.36 bits per heavy atom. The number of pyridine rings is 1. The summed E-state index contributed by atoms with van der Waals surface area (Å²) < 4.78 is 35.9. The minimum absolute atomic E-state index is 0.181. The van der Waals surface area contributed by atoms with Crippen molar-refractivity contribution in [1.29, 1.82) is 0 Å². The first kappa shape index (κ1) is 8.26. The average molecular weight is 174 g/mol. The molecule has 0 N–H and O–H groups in total. The van der Waals surface area contributed by atoms with Gasteiger partial charge in [0, 0.05) is 11.5 Å². The van der Waals surface area contributed by atoms with Crippen LogP contribution in [-0.4, -0.2) is 15.2 Å². The van der Waals surface area contributed by atoms with E-state index in [0.29, 0.717) is 0 Å². The summed E-state index contributed by atoms with van der Waals surface area (Å²) in [5.41, 5.74) is -0.753. The van der Waals surface area contributed by atoms with Crippen LogP contribution in [0.4, 0.5) is 13.2 Å². The predicted octanol–water partition coefficient (Wildman–Crippen LogP) is 0.894. The molecule has 0 spiro atoms. The van der Waals surface area contributed by atoms with Gasteiger partial charge in [0.15, 0.2) is 0 Å². The van der Waals surface area contributed by atoms with Gasteiger partial charge in [0.25, 0.3) is 0 Å². The Kier molecular flexibility index (Phi) is 1.99. The minimum Gasteiger partial charge on any atom is -0.266 e. The Labute approximate surface area is 64.7 Å². The zero-order valence-electron chi connectivity index (χ0n) is 5.31. The van der Waals surface area contributed by atoms with Gasteiger partial charge in [-0.25, -0.2) is 0 Å². The molecule has 11 heavy (non-hydrogen) atoms. The maximum absolute atomic E-state index is 12.0. The van der Waals surface area contributed by atoms with Gasteiger partial charge in [-0.1, -0.05) is 0 Å². The number of alkyl halides is 3. The van der Waals surface area contributed by atoms with Crippen molar-refractivity contribution in [1.82, 2.24) is 4.98 Å². The zero-order valence-corrected chi connectivity index (χ0v) is 6.31. The van der Waals surface area contributed by atoms with Crippen LogP contribution in [-0.2, 0) is 6.18 Å². The van der Waals surface area contributed by atoms with Crippen molar-refractivity contribution in [2.45, 2.75) is 6.18 Å². The topological polar surface area (TPSA) is 12.9 Å². The van der Waals surface area contributed by atoms with Crippen LogP contribution in [0.25, 0.3) is 0 Å². The second kappa shape index (κ2) is 2.65. The second-order valence-electron chi connectivity index (χ2n) is 1.90. The highest BCUT2D eigenvalue weighted by Gasteiger charge is 2.32. The van der Waals surface area contributed by atoms with E-state index >= 15 is 0 Å². The lowest BCUT2D eigenvalue weighted by Crippen LogP contribution is -2.21. The normalized spacial score (nSPS) is 11.6. The smallest absolute Gasteiger partial charge is 0.266 e. The number of halogens is 3. The van der Waals surface area contributed by atoms with E-state index in [2.05, 4.69) is 15.2 Å². The second-order valence-corrected chi connectivity index (χ2v) is 2.37. The summed E-state index contributed by atoms with van der Waals surface area (Å²) in [5, 5.41) is -0.181. The van der Waals surface area contributed by atoms with Crippen molar-refractivity contribution in [3.05, 3.63) is 23.9 Å². The lowest BCUT2D eigenvalue weighted by atomic mass is 10.3. The van der Waals surface area contributed by atoms with E-state index in [4.69, 9.17) is 0 Å². The van der Waals surface area contributed by atoms with E-state index < -0.39 is 11.7 Å². The maximum Gasteiger partial charge on any atom is 0.417 e. The standard InChI is InChI=1S/C6H3F3NSi/c7-6(8,9)4-2-1-3-10-5(4)11/h1-3H. The van der Waals surface area contributed by atoms with Crippen molar-refractivity contribution < 1.29 is 13.2 Å². The van der Waals surface area contributed by atoms with Crippen LogP contribution in [0.3, 0.4) is 0 Å². The van der Waals surface area contributed by atoms with Gasteiger partial charge < -0.3 is 0 Å². The molecule has 1 heterocycles. The molecule has 0 aliphatic rings. The largest absolute Gasteiger partial charge is 0.417 e. The third kappa shape index (κ3) is 1.80. The van der Waals surface area contributed by atoms with Gasteiger partial charge in [-0.3, -0.25) is 4.98 Å². The summed E-state index contributed by atoms with van der Waals surface area (Å²) in [6.45, 7) is 0. The zero-order chi connectivity index (χ0) is 8.48. The lowest BCUT2D eigenvalue weighted by molar-refractivity contribution is -0.136. The van der Waals surface area contributed by atoms with Gasteiger partial charge in [-0.2, -0.15) is 13.2 Å². The van der Waals surface area contributed by atoms with E-state index in [-0.39, 0.29) is 5.32 Å². The SMILES string of the molecule is FC(F)(F)c1cccnc1[Si]. The van der Waals surface area contributed by atoms with E-state index in [1.807, 2.05) is 0 Å². The molecule has 0 aliphatic heterocycles. The molecule has 57 valence electrons. The molecule has 1 nitrogen and oxygen atoms in total. The van der Waals surface area contributed by atoms with Crippen molar-refractivity contribution in [2.24, 2.45) is 0 Å². The van der Waals surface area contributed by atoms with Gasteiger partial charge >= 0.3 is 6.18 Å². The van der Waals surface area contributed by atoms with E-state index in [9.17, 15) is 13.2 Å². The Balaban J connectivity index is 3.14. The van der Waals surface area contributed by atoms with E-state index in [1.165, 1.54) is 12.3 Å². The lowest BCUT2D eigenvalue weighted by Gasteiger charge is -2.07. The molecule has 1 aromatic heterocycles. The Morgan fingerprint density at radius 2 is 2.00 bits per heavy atom. The van der Waals surface area contributed by atoms with Crippen LogP contribution in [0.5, 0.6) is 0 Å². The van der Waals surface area contributed by atoms with E-state index in [1.54, 1.807) is 0 Å². The molecule has 0 bridgehead atoms. The fourth-order valence-corrected chi connectivity index (χ4v) is 0.934. The van der Waals surface area contributed by atoms with Crippen molar-refractivity contribution >= 4 is 15.6 Å². The van der Waals surface area contributed by atoms with Gasteiger partial charge in [0.2, 0.25) is 0 Å². The van der Waals surface area contributed by atoms with Gasteiger partial charge in [-0.05, 0) is 12.1 Å². The number of nitrogens with zero attached hydrogens (tertiary/aromatic N) is 1. The first-order chi connectivity index (χ1) is 5.02. The summed E-state index contributed by atoms with van der Waals surface area (Å²) in [5.74, 6) is 0. The summed E-state index contributed by atoms with van der Waals surface area (Å²) in [6.07, 6.45) is -3.04. The van der Waals surface area contributed by atoms with Crippen LogP contribution in [0, 0.1) is 0 Å². The van der Waals surface area contributed by atoms with Crippen LogP contribution in [0.15, 0.2) is 18.3 Å². The molecular formula is C6H3F3NSi. The van der Waals surface area contributed by atoms with Gasteiger partial charge in [0.05, 0.1) is 5.56 Å². The highest BCUT2D eigenvalue weighted by molar-refractivity contribution is 6.31. The van der Waals surface area contributed by atoms with Crippen LogP contribution >= 0.6 is 0 Å². The number of hydrogen-bond acceptors (Lipinski definition) is 1. The first-order valence-corrected chi connectivity index (χ1v) is 3.25. The monoisotopic (exact) mass is 174 g/mol. The fourth-order valence-electron chi connectivity index (χ4n) is 0.634. The van der Waals surface area contributed by atoms with Crippen LogP contribution in [0.1, 0.15) is 5.56 Å². The maximum atomic E-state index is 12.0. The third-order valence-electron chi connectivity index (χ3n) is 1.11. The molecule has 1 aromatic rings. The summed E-state index contributed by atoms with van der Waals surface area (Å²) in [4.78, 5) is 3.44. The Bertz CT molecular complexity index is 258. The third-order valence-corrected chi connectivity index (χ3v) is 1.51. The van der Waals surface area contributed by atoms with Crippen LogP contribution in [0.2, 0.25) is 0 Å². The highest BCUT2D eigenvalue weighted by Crippen LogP contribution is 2.26. The molecular weight excluding hydrogens is 171 g/mol. The molecule has 3 radical (unpaired) electrons. The molecule has 0 fully saturated rings. The summed E-state index contributed by atoms with van der Waals surface area (Å²) in [6, 6.07) is 2.21. The quantitative estimate of drug-likeness (QED) is 0.532.